The summed E-state index contributed by atoms with van der Waals surface area (Å²) in [6.45, 7) is 5.70. The summed E-state index contributed by atoms with van der Waals surface area (Å²) in [6, 6.07) is 4.11. The van der Waals surface area contributed by atoms with Crippen molar-refractivity contribution in [2.45, 2.75) is 38.8 Å². The molecule has 2 amide bonds. The molecule has 4 atom stereocenters. The molecule has 2 aromatic rings. The van der Waals surface area contributed by atoms with Crippen LogP contribution in [0.25, 0.3) is 11.0 Å². The van der Waals surface area contributed by atoms with Gasteiger partial charge in [0.15, 0.2) is 0 Å². The van der Waals surface area contributed by atoms with Crippen LogP contribution in [0.5, 0.6) is 0 Å². The first-order valence-corrected chi connectivity index (χ1v) is 8.71. The number of nitrogens with zero attached hydrogens (tertiary/aromatic N) is 2. The van der Waals surface area contributed by atoms with Crippen LogP contribution in [0.4, 0.5) is 5.88 Å². The fourth-order valence-electron chi connectivity index (χ4n) is 3.99. The van der Waals surface area contributed by atoms with Gasteiger partial charge in [-0.1, -0.05) is 0 Å². The van der Waals surface area contributed by atoms with E-state index in [2.05, 4.69) is 27.4 Å². The standard InChI is InChI=1S/C18H22N4O3/c1-10-5-12-3-4-22(10)9-15(12)21-18(24)14-7-16-13(8-19-14)6-17(25-16)20-11(2)23/h6-8,10,12,15H,3-5,9H2,1-2H3,(H,20,23)(H,21,24). The summed E-state index contributed by atoms with van der Waals surface area (Å²) in [4.78, 5) is 30.4. The number of hydrogen-bond donors (Lipinski definition) is 2. The first-order chi connectivity index (χ1) is 12.0. The maximum atomic E-state index is 12.6. The molecule has 7 heteroatoms. The Bertz CT molecular complexity index is 831. The largest absolute Gasteiger partial charge is 0.440 e. The molecule has 3 aliphatic rings. The molecule has 2 N–H and O–H groups in total. The molecule has 3 fully saturated rings. The maximum absolute atomic E-state index is 12.6. The normalized spacial score (nSPS) is 28.1. The van der Waals surface area contributed by atoms with Crippen LogP contribution in [0.2, 0.25) is 0 Å². The molecule has 4 unspecified atom stereocenters. The van der Waals surface area contributed by atoms with E-state index >= 15 is 0 Å². The molecule has 0 radical (unpaired) electrons. The van der Waals surface area contributed by atoms with E-state index in [-0.39, 0.29) is 17.9 Å². The second-order valence-electron chi connectivity index (χ2n) is 7.11. The Morgan fingerprint density at radius 3 is 2.88 bits per heavy atom. The van der Waals surface area contributed by atoms with Crippen molar-refractivity contribution in [1.29, 1.82) is 0 Å². The summed E-state index contributed by atoms with van der Waals surface area (Å²) < 4.78 is 5.56. The summed E-state index contributed by atoms with van der Waals surface area (Å²) >= 11 is 0. The van der Waals surface area contributed by atoms with E-state index in [1.165, 1.54) is 6.92 Å². The number of rotatable bonds is 3. The Labute approximate surface area is 145 Å². The van der Waals surface area contributed by atoms with Crippen LogP contribution in [0.1, 0.15) is 37.2 Å². The number of amides is 2. The molecule has 5 rings (SSSR count). The zero-order chi connectivity index (χ0) is 17.6. The van der Waals surface area contributed by atoms with Gasteiger partial charge in [-0.2, -0.15) is 0 Å². The summed E-state index contributed by atoms with van der Waals surface area (Å²) in [6.07, 6.45) is 3.87. The first-order valence-electron chi connectivity index (χ1n) is 8.71. The van der Waals surface area contributed by atoms with Gasteiger partial charge >= 0.3 is 0 Å². The minimum Gasteiger partial charge on any atom is -0.440 e. The summed E-state index contributed by atoms with van der Waals surface area (Å²) in [5, 5.41) is 6.48. The number of piperidine rings is 3. The van der Waals surface area contributed by atoms with Gasteiger partial charge in [0.1, 0.15) is 11.3 Å². The SMILES string of the molecule is CC(=O)Nc1cc2cnc(C(=O)NC3CN4CCC3CC4C)cc2o1. The fourth-order valence-corrected chi connectivity index (χ4v) is 3.99. The Balaban J connectivity index is 1.49. The Hall–Kier alpha value is -2.41. The summed E-state index contributed by atoms with van der Waals surface area (Å²) in [5.74, 6) is 0.517. The molecular formula is C18H22N4O3. The third kappa shape index (κ3) is 3.11. The lowest BCUT2D eigenvalue weighted by Gasteiger charge is -2.48. The summed E-state index contributed by atoms with van der Waals surface area (Å²) in [7, 11) is 0. The maximum Gasteiger partial charge on any atom is 0.270 e. The van der Waals surface area contributed by atoms with Crippen LogP contribution >= 0.6 is 0 Å². The minimum atomic E-state index is -0.207. The molecule has 0 aromatic carbocycles. The van der Waals surface area contributed by atoms with Gasteiger partial charge in [0, 0.05) is 49.3 Å². The van der Waals surface area contributed by atoms with Crippen molar-refractivity contribution in [3.63, 3.8) is 0 Å². The van der Waals surface area contributed by atoms with Gasteiger partial charge in [-0.25, -0.2) is 0 Å². The molecule has 7 nitrogen and oxygen atoms in total. The molecule has 25 heavy (non-hydrogen) atoms. The van der Waals surface area contributed by atoms with E-state index in [9.17, 15) is 9.59 Å². The molecule has 3 saturated heterocycles. The zero-order valence-corrected chi connectivity index (χ0v) is 14.4. The predicted octanol–water partition coefficient (Wildman–Crippen LogP) is 2.00. The third-order valence-electron chi connectivity index (χ3n) is 5.30. The van der Waals surface area contributed by atoms with Gasteiger partial charge in [-0.15, -0.1) is 0 Å². The Morgan fingerprint density at radius 2 is 2.20 bits per heavy atom. The lowest BCUT2D eigenvalue weighted by atomic mass is 9.80. The van der Waals surface area contributed by atoms with Crippen LogP contribution < -0.4 is 10.6 Å². The number of aromatic nitrogens is 1. The van der Waals surface area contributed by atoms with Gasteiger partial charge in [0.25, 0.3) is 5.91 Å². The predicted molar refractivity (Wildman–Crippen MR) is 93.3 cm³/mol. The van der Waals surface area contributed by atoms with E-state index in [1.807, 2.05) is 0 Å². The number of furan rings is 1. The van der Waals surface area contributed by atoms with E-state index < -0.39 is 0 Å². The average Bonchev–Trinajstić information content (AvgIpc) is 2.96. The topological polar surface area (TPSA) is 87.5 Å². The molecule has 2 aromatic heterocycles. The van der Waals surface area contributed by atoms with E-state index in [4.69, 9.17) is 4.42 Å². The smallest absolute Gasteiger partial charge is 0.270 e. The molecule has 132 valence electrons. The monoisotopic (exact) mass is 342 g/mol. The molecular weight excluding hydrogens is 320 g/mol. The average molecular weight is 342 g/mol. The number of carbonyl (C=O) groups excluding carboxylic acids is 2. The van der Waals surface area contributed by atoms with Crippen LogP contribution in [-0.4, -0.2) is 46.9 Å². The molecule has 0 aliphatic carbocycles. The Morgan fingerprint density at radius 1 is 1.36 bits per heavy atom. The number of carbonyl (C=O) groups is 2. The highest BCUT2D eigenvalue weighted by Crippen LogP contribution is 2.32. The highest BCUT2D eigenvalue weighted by atomic mass is 16.4. The van der Waals surface area contributed by atoms with Crippen molar-refractivity contribution in [3.8, 4) is 0 Å². The molecule has 2 bridgehead atoms. The summed E-state index contributed by atoms with van der Waals surface area (Å²) in [5.41, 5.74) is 0.868. The minimum absolute atomic E-state index is 0.175. The van der Waals surface area contributed by atoms with Crippen molar-refractivity contribution in [2.24, 2.45) is 5.92 Å². The van der Waals surface area contributed by atoms with Gasteiger partial charge in [0.2, 0.25) is 11.8 Å². The van der Waals surface area contributed by atoms with Crippen LogP contribution in [0.15, 0.2) is 22.7 Å². The highest BCUT2D eigenvalue weighted by molar-refractivity contribution is 5.96. The third-order valence-corrected chi connectivity index (χ3v) is 5.30. The lowest BCUT2D eigenvalue weighted by molar-refractivity contribution is -0.114. The van der Waals surface area contributed by atoms with E-state index in [0.29, 0.717) is 29.1 Å². The van der Waals surface area contributed by atoms with Crippen LogP contribution in [0, 0.1) is 5.92 Å². The first kappa shape index (κ1) is 16.1. The molecule has 0 saturated carbocycles. The van der Waals surface area contributed by atoms with Crippen molar-refractivity contribution in [2.75, 3.05) is 18.4 Å². The van der Waals surface area contributed by atoms with Gasteiger partial charge in [0.05, 0.1) is 0 Å². The lowest BCUT2D eigenvalue weighted by Crippen LogP contribution is -2.60. The van der Waals surface area contributed by atoms with Gasteiger partial charge < -0.3 is 9.73 Å². The van der Waals surface area contributed by atoms with Crippen LogP contribution in [0.3, 0.4) is 0 Å². The van der Waals surface area contributed by atoms with Gasteiger partial charge in [-0.3, -0.25) is 24.8 Å². The van der Waals surface area contributed by atoms with E-state index in [0.717, 1.165) is 31.3 Å². The Kier molecular flexibility index (Phi) is 3.95. The number of fused-ring (bicyclic) bond motifs is 4. The fraction of sp³-hybridized carbons (Fsp3) is 0.500. The zero-order valence-electron chi connectivity index (χ0n) is 14.4. The molecule has 3 aliphatic heterocycles. The van der Waals surface area contributed by atoms with E-state index in [1.54, 1.807) is 18.3 Å². The van der Waals surface area contributed by atoms with Crippen molar-refractivity contribution < 1.29 is 14.0 Å². The van der Waals surface area contributed by atoms with Crippen molar-refractivity contribution >= 4 is 28.7 Å². The quantitative estimate of drug-likeness (QED) is 0.891. The second-order valence-corrected chi connectivity index (χ2v) is 7.11. The number of hydrogen-bond acceptors (Lipinski definition) is 5. The molecule has 0 spiro atoms. The second kappa shape index (κ2) is 6.15. The van der Waals surface area contributed by atoms with Crippen molar-refractivity contribution in [1.82, 2.24) is 15.2 Å². The number of nitrogens with one attached hydrogen (secondary N) is 2. The number of pyridine rings is 1. The van der Waals surface area contributed by atoms with Crippen LogP contribution in [-0.2, 0) is 4.79 Å². The molecule has 5 heterocycles. The van der Waals surface area contributed by atoms with Crippen molar-refractivity contribution in [3.05, 3.63) is 24.0 Å². The highest BCUT2D eigenvalue weighted by Gasteiger charge is 2.38. The van der Waals surface area contributed by atoms with Gasteiger partial charge in [-0.05, 0) is 32.2 Å². The number of anilines is 1.